The number of benzene rings is 2. The topological polar surface area (TPSA) is 89.0 Å². The van der Waals surface area contributed by atoms with Crippen LogP contribution in [0, 0.1) is 0 Å². The highest BCUT2D eigenvalue weighted by molar-refractivity contribution is 9.10. The second-order valence-corrected chi connectivity index (χ2v) is 8.33. The van der Waals surface area contributed by atoms with Crippen molar-refractivity contribution in [1.82, 2.24) is 9.88 Å². The quantitative estimate of drug-likeness (QED) is 0.333. The first kappa shape index (κ1) is 20.3. The number of rotatable bonds is 4. The molecule has 5 rings (SSSR count). The smallest absolute Gasteiger partial charge is 0.295 e. The van der Waals surface area contributed by atoms with Crippen molar-refractivity contribution in [2.24, 2.45) is 0 Å². The molecule has 0 unspecified atom stereocenters. The summed E-state index contributed by atoms with van der Waals surface area (Å²) in [7, 11) is 0. The fourth-order valence-electron chi connectivity index (χ4n) is 3.95. The number of nitrogens with zero attached hydrogens (tertiary/aromatic N) is 2. The number of ketones is 1. The zero-order valence-corrected chi connectivity index (χ0v) is 18.3. The Balaban J connectivity index is 1.65. The molecule has 0 spiro atoms. The summed E-state index contributed by atoms with van der Waals surface area (Å²) in [5.41, 5.74) is 1.87. The van der Waals surface area contributed by atoms with E-state index in [0.717, 1.165) is 10.0 Å². The molecule has 32 heavy (non-hydrogen) atoms. The molecule has 3 aromatic rings. The second-order valence-electron chi connectivity index (χ2n) is 7.41. The van der Waals surface area contributed by atoms with Crippen LogP contribution >= 0.6 is 15.9 Å². The number of likely N-dealkylation sites (tertiary alicyclic amines) is 1. The lowest BCUT2D eigenvalue weighted by atomic mass is 9.95. The van der Waals surface area contributed by atoms with Gasteiger partial charge < -0.3 is 19.5 Å². The molecule has 2 aliphatic rings. The van der Waals surface area contributed by atoms with Crippen LogP contribution in [0.15, 0.2) is 77.0 Å². The fourth-order valence-corrected chi connectivity index (χ4v) is 4.37. The van der Waals surface area contributed by atoms with Gasteiger partial charge in [-0.15, -0.1) is 0 Å². The molecule has 0 bridgehead atoms. The van der Waals surface area contributed by atoms with Crippen LogP contribution in [0.1, 0.15) is 22.7 Å². The normalized spacial score (nSPS) is 18.9. The van der Waals surface area contributed by atoms with Crippen molar-refractivity contribution in [1.29, 1.82) is 0 Å². The van der Waals surface area contributed by atoms with E-state index in [1.165, 1.54) is 4.90 Å². The zero-order valence-electron chi connectivity index (χ0n) is 16.7. The van der Waals surface area contributed by atoms with Crippen LogP contribution < -0.4 is 9.47 Å². The highest BCUT2D eigenvalue weighted by Gasteiger charge is 2.46. The van der Waals surface area contributed by atoms with E-state index in [-0.39, 0.29) is 24.7 Å². The molecule has 1 atom stereocenters. The Bertz CT molecular complexity index is 1260. The minimum Gasteiger partial charge on any atom is -0.507 e. The molecule has 3 heterocycles. The van der Waals surface area contributed by atoms with Gasteiger partial charge in [-0.1, -0.05) is 34.1 Å². The predicted octanol–water partition coefficient (Wildman–Crippen LogP) is 4.19. The molecule has 1 aromatic heterocycles. The molecule has 7 nitrogen and oxygen atoms in total. The van der Waals surface area contributed by atoms with E-state index in [4.69, 9.17) is 9.47 Å². The first-order chi connectivity index (χ1) is 15.5. The molecule has 1 saturated heterocycles. The Kier molecular flexibility index (Phi) is 5.14. The molecule has 1 N–H and O–H groups in total. The van der Waals surface area contributed by atoms with E-state index in [0.29, 0.717) is 22.6 Å². The van der Waals surface area contributed by atoms with Crippen molar-refractivity contribution < 1.29 is 24.2 Å². The number of aliphatic hydroxyl groups excluding tert-OH is 1. The molecule has 1 amide bonds. The van der Waals surface area contributed by atoms with Crippen LogP contribution in [0.3, 0.4) is 0 Å². The van der Waals surface area contributed by atoms with Gasteiger partial charge in [0.2, 0.25) is 6.79 Å². The minimum atomic E-state index is -0.766. The zero-order chi connectivity index (χ0) is 22.2. The number of amides is 1. The molecule has 2 aromatic carbocycles. The molecule has 8 heteroatoms. The number of carbonyl (C=O) groups is 2. The van der Waals surface area contributed by atoms with Gasteiger partial charge in [-0.25, -0.2) is 0 Å². The largest absolute Gasteiger partial charge is 0.507 e. The Morgan fingerprint density at radius 2 is 1.94 bits per heavy atom. The van der Waals surface area contributed by atoms with Gasteiger partial charge >= 0.3 is 0 Å². The Labute approximate surface area is 192 Å². The van der Waals surface area contributed by atoms with Crippen LogP contribution in [-0.2, 0) is 16.1 Å². The van der Waals surface area contributed by atoms with E-state index in [2.05, 4.69) is 20.9 Å². The molecular weight excluding hydrogens is 476 g/mol. The number of ether oxygens (including phenoxy) is 2. The predicted molar refractivity (Wildman–Crippen MR) is 119 cm³/mol. The molecular formula is C24H17BrN2O5. The number of halogens is 1. The third kappa shape index (κ3) is 3.52. The van der Waals surface area contributed by atoms with Gasteiger partial charge in [0.15, 0.2) is 11.5 Å². The van der Waals surface area contributed by atoms with Gasteiger partial charge in [-0.05, 0) is 47.5 Å². The highest BCUT2D eigenvalue weighted by atomic mass is 79.9. The van der Waals surface area contributed by atoms with Crippen LogP contribution in [0.5, 0.6) is 11.5 Å². The Morgan fingerprint density at radius 1 is 1.09 bits per heavy atom. The van der Waals surface area contributed by atoms with Crippen molar-refractivity contribution >= 4 is 33.4 Å². The number of pyridine rings is 1. The summed E-state index contributed by atoms with van der Waals surface area (Å²) >= 11 is 3.45. The summed E-state index contributed by atoms with van der Waals surface area (Å²) in [6.07, 6.45) is 3.29. The maximum absolute atomic E-state index is 13.1. The lowest BCUT2D eigenvalue weighted by molar-refractivity contribution is -0.140. The molecule has 0 aliphatic carbocycles. The lowest BCUT2D eigenvalue weighted by Crippen LogP contribution is -2.29. The second kappa shape index (κ2) is 8.12. The SMILES string of the molecule is O=C1C(=O)N(Cc2cccnc2)[C@H](c2cccc(Br)c2)C1=C(O)c1ccc2c(c1)OCO2. The monoisotopic (exact) mass is 492 g/mol. The van der Waals surface area contributed by atoms with Crippen molar-refractivity contribution in [3.05, 3.63) is 93.7 Å². The van der Waals surface area contributed by atoms with Crippen molar-refractivity contribution in [3.63, 3.8) is 0 Å². The highest BCUT2D eigenvalue weighted by Crippen LogP contribution is 2.42. The van der Waals surface area contributed by atoms with Gasteiger partial charge in [0.05, 0.1) is 11.6 Å². The van der Waals surface area contributed by atoms with Crippen molar-refractivity contribution in [2.45, 2.75) is 12.6 Å². The van der Waals surface area contributed by atoms with Crippen LogP contribution in [0.25, 0.3) is 5.76 Å². The van der Waals surface area contributed by atoms with E-state index in [1.54, 1.807) is 36.7 Å². The maximum Gasteiger partial charge on any atom is 0.295 e. The maximum atomic E-state index is 13.1. The summed E-state index contributed by atoms with van der Waals surface area (Å²) in [5.74, 6) is -0.657. The number of hydrogen-bond acceptors (Lipinski definition) is 6. The van der Waals surface area contributed by atoms with E-state index < -0.39 is 17.7 Å². The summed E-state index contributed by atoms with van der Waals surface area (Å²) < 4.78 is 11.5. The van der Waals surface area contributed by atoms with Gasteiger partial charge in [0, 0.05) is 29.0 Å². The van der Waals surface area contributed by atoms with Gasteiger partial charge in [0.1, 0.15) is 5.76 Å². The Morgan fingerprint density at radius 3 is 2.72 bits per heavy atom. The van der Waals surface area contributed by atoms with Gasteiger partial charge in [-0.2, -0.15) is 0 Å². The average Bonchev–Trinajstić information content (AvgIpc) is 3.37. The van der Waals surface area contributed by atoms with Gasteiger partial charge in [0.25, 0.3) is 11.7 Å². The first-order valence-corrected chi connectivity index (χ1v) is 10.6. The van der Waals surface area contributed by atoms with Crippen molar-refractivity contribution in [2.75, 3.05) is 6.79 Å². The standard InChI is InChI=1S/C24H17BrN2O5/c25-17-5-1-4-15(9-17)21-20(22(28)16-6-7-18-19(10-16)32-13-31-18)23(29)24(30)27(21)12-14-3-2-8-26-11-14/h1-11,21,28H,12-13H2/t21-/m1/s1. The lowest BCUT2D eigenvalue weighted by Gasteiger charge is -2.25. The third-order valence-electron chi connectivity index (χ3n) is 5.43. The number of aromatic nitrogens is 1. The molecule has 1 fully saturated rings. The first-order valence-electron chi connectivity index (χ1n) is 9.86. The van der Waals surface area contributed by atoms with Crippen molar-refractivity contribution in [3.8, 4) is 11.5 Å². The van der Waals surface area contributed by atoms with Gasteiger partial charge in [-0.3, -0.25) is 14.6 Å². The molecule has 0 radical (unpaired) electrons. The number of aliphatic hydroxyl groups is 1. The summed E-state index contributed by atoms with van der Waals surface area (Å²) in [6, 6.07) is 15.1. The summed E-state index contributed by atoms with van der Waals surface area (Å²) in [6.45, 7) is 0.264. The van der Waals surface area contributed by atoms with Crippen LogP contribution in [-0.4, -0.2) is 33.5 Å². The van der Waals surface area contributed by atoms with Crippen LogP contribution in [0.4, 0.5) is 0 Å². The number of Topliss-reactive ketones (excluding diaryl/α,β-unsaturated/α-hetero) is 1. The fraction of sp³-hybridized carbons (Fsp3) is 0.125. The summed E-state index contributed by atoms with van der Waals surface area (Å²) in [5, 5.41) is 11.2. The average molecular weight is 493 g/mol. The Hall–Kier alpha value is -3.65. The minimum absolute atomic E-state index is 0.0239. The number of hydrogen-bond donors (Lipinski definition) is 1. The number of fused-ring (bicyclic) bond motifs is 1. The van der Waals surface area contributed by atoms with E-state index >= 15 is 0 Å². The summed E-state index contributed by atoms with van der Waals surface area (Å²) in [4.78, 5) is 31.8. The third-order valence-corrected chi connectivity index (χ3v) is 5.92. The molecule has 2 aliphatic heterocycles. The van der Waals surface area contributed by atoms with Crippen LogP contribution in [0.2, 0.25) is 0 Å². The van der Waals surface area contributed by atoms with E-state index in [9.17, 15) is 14.7 Å². The van der Waals surface area contributed by atoms with E-state index in [1.807, 2.05) is 30.3 Å². The molecule has 0 saturated carbocycles. The number of carbonyl (C=O) groups excluding carboxylic acids is 2. The molecule has 160 valence electrons.